The zero-order valence-corrected chi connectivity index (χ0v) is 15.7. The Morgan fingerprint density at radius 2 is 2.04 bits per heavy atom. The van der Waals surface area contributed by atoms with Gasteiger partial charge < -0.3 is 10.4 Å². The molecule has 0 saturated heterocycles. The molecule has 2 aromatic heterocycles. The molecule has 2 heterocycles. The summed E-state index contributed by atoms with van der Waals surface area (Å²) in [5.74, 6) is -1.33. The normalized spacial score (nSPS) is 12.3. The van der Waals surface area contributed by atoms with E-state index in [0.29, 0.717) is 23.9 Å². The molecule has 0 bridgehead atoms. The molecule has 1 amide bonds. The van der Waals surface area contributed by atoms with Crippen molar-refractivity contribution in [2.45, 2.75) is 58.9 Å². The number of hydrogen-bond acceptors (Lipinski definition) is 4. The number of fused-ring (bicyclic) bond motifs is 1. The Labute approximate surface area is 151 Å². The minimum Gasteiger partial charge on any atom is -0.480 e. The minimum atomic E-state index is -1.02. The molecule has 2 rings (SSSR count). The van der Waals surface area contributed by atoms with Crippen molar-refractivity contribution >= 4 is 22.9 Å². The van der Waals surface area contributed by atoms with Crippen LogP contribution in [-0.2, 0) is 23.1 Å². The molecule has 0 spiro atoms. The highest BCUT2D eigenvalue weighted by molar-refractivity contribution is 5.84. The van der Waals surface area contributed by atoms with Gasteiger partial charge in [0.05, 0.1) is 5.39 Å². The number of pyridine rings is 1. The van der Waals surface area contributed by atoms with E-state index in [1.807, 2.05) is 20.8 Å². The maximum atomic E-state index is 12.2. The van der Waals surface area contributed by atoms with Gasteiger partial charge in [0.2, 0.25) is 5.91 Å². The van der Waals surface area contributed by atoms with Crippen LogP contribution in [0.15, 0.2) is 4.79 Å². The fraction of sp³-hybridized carbons (Fsp3) is 0.556. The minimum absolute atomic E-state index is 0.148. The second-order valence-electron chi connectivity index (χ2n) is 6.60. The summed E-state index contributed by atoms with van der Waals surface area (Å²) < 4.78 is 1.58. The third kappa shape index (κ3) is 4.12. The van der Waals surface area contributed by atoms with Gasteiger partial charge in [0.25, 0.3) is 5.56 Å². The Bertz CT molecular complexity index is 881. The number of carboxylic acids is 1. The molecule has 8 heteroatoms. The molecule has 0 aliphatic heterocycles. The summed E-state index contributed by atoms with van der Waals surface area (Å²) in [6.45, 7) is 5.67. The van der Waals surface area contributed by atoms with E-state index in [0.717, 1.165) is 29.7 Å². The number of nitrogens with one attached hydrogen (secondary N) is 2. The van der Waals surface area contributed by atoms with Crippen LogP contribution in [-0.4, -0.2) is 37.8 Å². The summed E-state index contributed by atoms with van der Waals surface area (Å²) in [5.41, 5.74) is 2.80. The van der Waals surface area contributed by atoms with Crippen LogP contribution in [0.4, 0.5) is 0 Å². The van der Waals surface area contributed by atoms with E-state index in [9.17, 15) is 19.5 Å². The molecule has 0 aliphatic rings. The van der Waals surface area contributed by atoms with Gasteiger partial charge in [0.1, 0.15) is 6.04 Å². The van der Waals surface area contributed by atoms with E-state index in [2.05, 4.69) is 15.4 Å². The smallest absolute Gasteiger partial charge is 0.326 e. The molecule has 0 radical (unpaired) electrons. The third-order valence-electron chi connectivity index (χ3n) is 4.66. The van der Waals surface area contributed by atoms with E-state index >= 15 is 0 Å². The van der Waals surface area contributed by atoms with Crippen LogP contribution < -0.4 is 10.9 Å². The number of aromatic amines is 1. The van der Waals surface area contributed by atoms with E-state index in [1.165, 1.54) is 0 Å². The molecule has 8 nitrogen and oxygen atoms in total. The van der Waals surface area contributed by atoms with Crippen LogP contribution in [0.25, 0.3) is 11.0 Å². The second kappa shape index (κ2) is 8.16. The SMILES string of the molecule is CCCC[C@H](NC(=O)CCc1c(C)nc2c(c1C)c(=O)[nH]n2C)C(=O)O. The largest absolute Gasteiger partial charge is 0.480 e. The van der Waals surface area contributed by atoms with Gasteiger partial charge in [-0.25, -0.2) is 9.78 Å². The molecule has 0 fully saturated rings. The number of amides is 1. The van der Waals surface area contributed by atoms with Crippen molar-refractivity contribution in [1.82, 2.24) is 20.1 Å². The number of rotatable bonds is 8. The van der Waals surface area contributed by atoms with Crippen molar-refractivity contribution in [3.05, 3.63) is 27.2 Å². The summed E-state index contributed by atoms with van der Waals surface area (Å²) >= 11 is 0. The third-order valence-corrected chi connectivity index (χ3v) is 4.66. The molecule has 0 aliphatic carbocycles. The predicted octanol–water partition coefficient (Wildman–Crippen LogP) is 1.57. The Balaban J connectivity index is 2.14. The standard InChI is InChI=1S/C18H26N4O4/c1-5-6-7-13(18(25)26)20-14(23)9-8-12-10(2)15-16(19-11(12)3)22(4)21-17(15)24/h13H,5-9H2,1-4H3,(H,20,23)(H,21,24)(H,25,26)/t13-/m0/s1. The van der Waals surface area contributed by atoms with Crippen LogP contribution in [0.5, 0.6) is 0 Å². The first-order chi connectivity index (χ1) is 12.3. The Morgan fingerprint density at radius 1 is 1.35 bits per heavy atom. The van der Waals surface area contributed by atoms with Crippen molar-refractivity contribution in [2.24, 2.45) is 7.05 Å². The highest BCUT2D eigenvalue weighted by atomic mass is 16.4. The molecular formula is C18H26N4O4. The van der Waals surface area contributed by atoms with Gasteiger partial charge in [-0.05, 0) is 37.8 Å². The van der Waals surface area contributed by atoms with Gasteiger partial charge in [-0.2, -0.15) is 0 Å². The van der Waals surface area contributed by atoms with Crippen molar-refractivity contribution < 1.29 is 14.7 Å². The molecule has 3 N–H and O–H groups in total. The van der Waals surface area contributed by atoms with Crippen LogP contribution in [0.3, 0.4) is 0 Å². The molecule has 0 saturated carbocycles. The van der Waals surface area contributed by atoms with E-state index < -0.39 is 12.0 Å². The van der Waals surface area contributed by atoms with E-state index in [1.54, 1.807) is 11.7 Å². The zero-order chi connectivity index (χ0) is 19.4. The Morgan fingerprint density at radius 3 is 2.65 bits per heavy atom. The number of unbranched alkanes of at least 4 members (excludes halogenated alkanes) is 1. The first-order valence-corrected chi connectivity index (χ1v) is 8.83. The molecule has 1 atom stereocenters. The van der Waals surface area contributed by atoms with Gasteiger partial charge in [-0.15, -0.1) is 0 Å². The van der Waals surface area contributed by atoms with Gasteiger partial charge >= 0.3 is 5.97 Å². The number of carbonyl (C=O) groups excluding carboxylic acids is 1. The molecule has 2 aromatic rings. The van der Waals surface area contributed by atoms with Crippen LogP contribution in [0, 0.1) is 13.8 Å². The van der Waals surface area contributed by atoms with Crippen LogP contribution in [0.1, 0.15) is 49.4 Å². The Hall–Kier alpha value is -2.64. The fourth-order valence-electron chi connectivity index (χ4n) is 3.19. The maximum absolute atomic E-state index is 12.2. The van der Waals surface area contributed by atoms with E-state index in [4.69, 9.17) is 0 Å². The summed E-state index contributed by atoms with van der Waals surface area (Å²) in [6.07, 6.45) is 2.58. The van der Waals surface area contributed by atoms with Gasteiger partial charge in [0, 0.05) is 19.2 Å². The number of nitrogens with zero attached hydrogens (tertiary/aromatic N) is 2. The average molecular weight is 362 g/mol. The first-order valence-electron chi connectivity index (χ1n) is 8.83. The average Bonchev–Trinajstić information content (AvgIpc) is 2.84. The van der Waals surface area contributed by atoms with Crippen molar-refractivity contribution in [3.8, 4) is 0 Å². The number of hydrogen-bond donors (Lipinski definition) is 3. The topological polar surface area (TPSA) is 117 Å². The van der Waals surface area contributed by atoms with Crippen molar-refractivity contribution in [1.29, 1.82) is 0 Å². The van der Waals surface area contributed by atoms with Gasteiger partial charge in [0.15, 0.2) is 5.65 Å². The first kappa shape index (κ1) is 19.7. The molecule has 142 valence electrons. The summed E-state index contributed by atoms with van der Waals surface area (Å²) in [7, 11) is 1.73. The molecule has 26 heavy (non-hydrogen) atoms. The number of carboxylic acid groups (broad SMARTS) is 1. The van der Waals surface area contributed by atoms with Gasteiger partial charge in [-0.1, -0.05) is 19.8 Å². The zero-order valence-electron chi connectivity index (χ0n) is 15.7. The highest BCUT2D eigenvalue weighted by Gasteiger charge is 2.20. The predicted molar refractivity (Wildman–Crippen MR) is 98.2 cm³/mol. The maximum Gasteiger partial charge on any atom is 0.326 e. The lowest BCUT2D eigenvalue weighted by Crippen LogP contribution is -2.40. The molecule has 0 unspecified atom stereocenters. The number of carbonyl (C=O) groups is 2. The second-order valence-corrected chi connectivity index (χ2v) is 6.60. The van der Waals surface area contributed by atoms with Crippen LogP contribution >= 0.6 is 0 Å². The number of aromatic nitrogens is 3. The molecule has 0 aromatic carbocycles. The lowest BCUT2D eigenvalue weighted by Gasteiger charge is -2.15. The highest BCUT2D eigenvalue weighted by Crippen LogP contribution is 2.21. The lowest BCUT2D eigenvalue weighted by molar-refractivity contribution is -0.142. The number of aryl methyl sites for hydroxylation is 3. The number of aliphatic carboxylic acids is 1. The van der Waals surface area contributed by atoms with Crippen molar-refractivity contribution in [2.75, 3.05) is 0 Å². The summed E-state index contributed by atoms with van der Waals surface area (Å²) in [5, 5.41) is 15.0. The monoisotopic (exact) mass is 362 g/mol. The molecular weight excluding hydrogens is 336 g/mol. The van der Waals surface area contributed by atoms with Gasteiger partial charge in [-0.3, -0.25) is 19.4 Å². The van der Waals surface area contributed by atoms with Crippen molar-refractivity contribution in [3.63, 3.8) is 0 Å². The number of H-pyrrole nitrogens is 1. The quantitative estimate of drug-likeness (QED) is 0.659. The Kier molecular flexibility index (Phi) is 6.18. The fourth-order valence-corrected chi connectivity index (χ4v) is 3.19. The summed E-state index contributed by atoms with van der Waals surface area (Å²) in [4.78, 5) is 40.0. The lowest BCUT2D eigenvalue weighted by atomic mass is 10.00. The van der Waals surface area contributed by atoms with Crippen LogP contribution in [0.2, 0.25) is 0 Å². The summed E-state index contributed by atoms with van der Waals surface area (Å²) in [6, 6.07) is -0.859. The van der Waals surface area contributed by atoms with E-state index in [-0.39, 0.29) is 17.9 Å².